The zero-order chi connectivity index (χ0) is 13.9. The molecule has 20 heavy (non-hydrogen) atoms. The Morgan fingerprint density at radius 3 is 2.80 bits per heavy atom. The van der Waals surface area contributed by atoms with Gasteiger partial charge in [0.2, 0.25) is 0 Å². The van der Waals surface area contributed by atoms with E-state index in [1.165, 1.54) is 11.1 Å². The topological polar surface area (TPSA) is 38.9 Å². The molecule has 0 saturated heterocycles. The molecule has 2 aromatic carbocycles. The number of anilines is 1. The molecule has 0 aliphatic carbocycles. The van der Waals surface area contributed by atoms with Gasteiger partial charge in [-0.15, -0.1) is 11.8 Å². The first-order valence-corrected chi connectivity index (χ1v) is 7.54. The van der Waals surface area contributed by atoms with Crippen LogP contribution in [0.5, 0.6) is 0 Å². The summed E-state index contributed by atoms with van der Waals surface area (Å²) in [5.41, 5.74) is 10.2. The van der Waals surface area contributed by atoms with E-state index < -0.39 is 0 Å². The van der Waals surface area contributed by atoms with Crippen molar-refractivity contribution in [1.29, 1.82) is 0 Å². The maximum Gasteiger partial charge on any atom is 0.0970 e. The van der Waals surface area contributed by atoms with Gasteiger partial charge in [0.25, 0.3) is 0 Å². The van der Waals surface area contributed by atoms with E-state index in [2.05, 4.69) is 48.3 Å². The molecule has 0 radical (unpaired) electrons. The Morgan fingerprint density at radius 2 is 1.95 bits per heavy atom. The highest BCUT2D eigenvalue weighted by Gasteiger charge is 2.01. The second kappa shape index (κ2) is 5.55. The summed E-state index contributed by atoms with van der Waals surface area (Å²) in [4.78, 5) is 4.66. The molecule has 100 valence electrons. The minimum absolute atomic E-state index is 0.777. The van der Waals surface area contributed by atoms with E-state index in [1.807, 2.05) is 18.2 Å². The van der Waals surface area contributed by atoms with Crippen LogP contribution in [0.15, 0.2) is 59.6 Å². The monoisotopic (exact) mass is 280 g/mol. The third kappa shape index (κ3) is 2.94. The molecule has 0 bridgehead atoms. The number of hydrogen-bond acceptors (Lipinski definition) is 3. The number of nitrogen functional groups attached to an aromatic ring is 1. The number of benzene rings is 2. The lowest BCUT2D eigenvalue weighted by molar-refractivity contribution is 1.18. The quantitative estimate of drug-likeness (QED) is 0.570. The van der Waals surface area contributed by atoms with Crippen LogP contribution in [0.25, 0.3) is 10.9 Å². The smallest absolute Gasteiger partial charge is 0.0970 e. The molecule has 0 aliphatic heterocycles. The predicted molar refractivity (Wildman–Crippen MR) is 86.9 cm³/mol. The molecule has 0 saturated carbocycles. The molecule has 1 heterocycles. The van der Waals surface area contributed by atoms with Gasteiger partial charge in [0.15, 0.2) is 0 Å². The van der Waals surface area contributed by atoms with Crippen LogP contribution >= 0.6 is 11.8 Å². The second-order valence-corrected chi connectivity index (χ2v) is 5.87. The number of hydrogen-bond donors (Lipinski definition) is 1. The van der Waals surface area contributed by atoms with Crippen molar-refractivity contribution < 1.29 is 0 Å². The normalized spacial score (nSPS) is 10.8. The van der Waals surface area contributed by atoms with Crippen molar-refractivity contribution in [2.45, 2.75) is 17.7 Å². The molecule has 2 nitrogen and oxygen atoms in total. The molecule has 3 heteroatoms. The van der Waals surface area contributed by atoms with Crippen molar-refractivity contribution >= 4 is 28.4 Å². The number of aromatic nitrogens is 1. The van der Waals surface area contributed by atoms with E-state index >= 15 is 0 Å². The SMILES string of the molecule is Cc1cccc(CSc2ccc3cc(N)ccc3n2)c1. The van der Waals surface area contributed by atoms with Crippen molar-refractivity contribution in [2.75, 3.05) is 5.73 Å². The molecule has 0 unspecified atom stereocenters. The van der Waals surface area contributed by atoms with E-state index in [-0.39, 0.29) is 0 Å². The van der Waals surface area contributed by atoms with Gasteiger partial charge in [0, 0.05) is 16.8 Å². The summed E-state index contributed by atoms with van der Waals surface area (Å²) in [5, 5.41) is 2.13. The highest BCUT2D eigenvalue weighted by Crippen LogP contribution is 2.24. The molecule has 0 atom stereocenters. The summed E-state index contributed by atoms with van der Waals surface area (Å²) < 4.78 is 0. The van der Waals surface area contributed by atoms with E-state index in [0.717, 1.165) is 27.4 Å². The lowest BCUT2D eigenvalue weighted by Crippen LogP contribution is -1.88. The van der Waals surface area contributed by atoms with E-state index in [1.54, 1.807) is 11.8 Å². The Hall–Kier alpha value is -2.00. The van der Waals surface area contributed by atoms with Crippen molar-refractivity contribution in [1.82, 2.24) is 4.98 Å². The predicted octanol–water partition coefficient (Wildman–Crippen LogP) is 4.42. The van der Waals surface area contributed by atoms with Gasteiger partial charge in [-0.3, -0.25) is 0 Å². The summed E-state index contributed by atoms with van der Waals surface area (Å²) >= 11 is 1.76. The minimum Gasteiger partial charge on any atom is -0.399 e. The molecular weight excluding hydrogens is 264 g/mol. The number of nitrogens with zero attached hydrogens (tertiary/aromatic N) is 1. The average Bonchev–Trinajstić information content (AvgIpc) is 2.45. The maximum atomic E-state index is 5.78. The Balaban J connectivity index is 1.79. The molecule has 0 spiro atoms. The Morgan fingerprint density at radius 1 is 1.05 bits per heavy atom. The first-order chi connectivity index (χ1) is 9.70. The first-order valence-electron chi connectivity index (χ1n) is 6.55. The van der Waals surface area contributed by atoms with Gasteiger partial charge in [-0.25, -0.2) is 4.98 Å². The van der Waals surface area contributed by atoms with Gasteiger partial charge in [0.05, 0.1) is 10.5 Å². The van der Waals surface area contributed by atoms with Crippen LogP contribution in [0.2, 0.25) is 0 Å². The number of fused-ring (bicyclic) bond motifs is 1. The van der Waals surface area contributed by atoms with Crippen LogP contribution in [0.4, 0.5) is 5.69 Å². The van der Waals surface area contributed by atoms with Gasteiger partial charge in [0.1, 0.15) is 0 Å². The van der Waals surface area contributed by atoms with Crippen molar-refractivity contribution in [3.63, 3.8) is 0 Å². The van der Waals surface area contributed by atoms with Gasteiger partial charge in [-0.2, -0.15) is 0 Å². The third-order valence-corrected chi connectivity index (χ3v) is 4.16. The lowest BCUT2D eigenvalue weighted by Gasteiger charge is -2.04. The van der Waals surface area contributed by atoms with Crippen LogP contribution in [0, 0.1) is 6.92 Å². The Bertz CT molecular complexity index is 753. The average molecular weight is 280 g/mol. The van der Waals surface area contributed by atoms with Crippen LogP contribution in [-0.4, -0.2) is 4.98 Å². The van der Waals surface area contributed by atoms with E-state index in [0.29, 0.717) is 0 Å². The van der Waals surface area contributed by atoms with E-state index in [4.69, 9.17) is 5.73 Å². The summed E-state index contributed by atoms with van der Waals surface area (Å²) in [6.07, 6.45) is 0. The van der Waals surface area contributed by atoms with Gasteiger partial charge >= 0.3 is 0 Å². The van der Waals surface area contributed by atoms with E-state index in [9.17, 15) is 0 Å². The zero-order valence-electron chi connectivity index (χ0n) is 11.3. The van der Waals surface area contributed by atoms with Gasteiger partial charge in [-0.1, -0.05) is 35.9 Å². The fraction of sp³-hybridized carbons (Fsp3) is 0.118. The van der Waals surface area contributed by atoms with Crippen LogP contribution in [0.1, 0.15) is 11.1 Å². The van der Waals surface area contributed by atoms with Gasteiger partial charge in [-0.05, 0) is 36.8 Å². The molecule has 0 aliphatic rings. The van der Waals surface area contributed by atoms with Crippen molar-refractivity contribution in [3.05, 3.63) is 65.7 Å². The molecule has 1 aromatic heterocycles. The minimum atomic E-state index is 0.777. The largest absolute Gasteiger partial charge is 0.399 e. The standard InChI is InChI=1S/C17H16N2S/c1-12-3-2-4-13(9-12)11-20-17-8-5-14-10-15(18)6-7-16(14)19-17/h2-10H,11,18H2,1H3. The fourth-order valence-corrected chi connectivity index (χ4v) is 2.99. The van der Waals surface area contributed by atoms with Crippen molar-refractivity contribution in [2.24, 2.45) is 0 Å². The summed E-state index contributed by atoms with van der Waals surface area (Å²) in [6.45, 7) is 2.12. The fourth-order valence-electron chi connectivity index (χ4n) is 2.16. The maximum absolute atomic E-state index is 5.78. The number of thioether (sulfide) groups is 1. The zero-order valence-corrected chi connectivity index (χ0v) is 12.2. The summed E-state index contributed by atoms with van der Waals surface area (Å²) in [7, 11) is 0. The lowest BCUT2D eigenvalue weighted by atomic mass is 10.2. The summed E-state index contributed by atoms with van der Waals surface area (Å²) in [5.74, 6) is 0.940. The molecule has 0 fully saturated rings. The number of aryl methyl sites for hydroxylation is 1. The molecule has 0 amide bonds. The highest BCUT2D eigenvalue weighted by atomic mass is 32.2. The third-order valence-electron chi connectivity index (χ3n) is 3.16. The van der Waals surface area contributed by atoms with Crippen LogP contribution in [0.3, 0.4) is 0 Å². The van der Waals surface area contributed by atoms with Gasteiger partial charge < -0.3 is 5.73 Å². The number of rotatable bonds is 3. The molecular formula is C17H16N2S. The number of pyridine rings is 1. The second-order valence-electron chi connectivity index (χ2n) is 4.88. The highest BCUT2D eigenvalue weighted by molar-refractivity contribution is 7.98. The summed E-state index contributed by atoms with van der Waals surface area (Å²) in [6, 6.07) is 18.5. The first kappa shape index (κ1) is 13.0. The van der Waals surface area contributed by atoms with Crippen LogP contribution in [-0.2, 0) is 5.75 Å². The molecule has 3 aromatic rings. The molecule has 3 rings (SSSR count). The van der Waals surface area contributed by atoms with Crippen LogP contribution < -0.4 is 5.73 Å². The van der Waals surface area contributed by atoms with Crippen molar-refractivity contribution in [3.8, 4) is 0 Å². The Labute approximate surface area is 123 Å². The number of nitrogens with two attached hydrogens (primary N) is 1. The molecule has 2 N–H and O–H groups in total. The Kier molecular flexibility index (Phi) is 3.61.